The van der Waals surface area contributed by atoms with Gasteiger partial charge in [-0.2, -0.15) is 0 Å². The zero-order valence-electron chi connectivity index (χ0n) is 11.0. The SMILES string of the molecule is CCC1CCCC1N1CCCC(C(C)N)C1. The maximum Gasteiger partial charge on any atom is 0.0123 e. The van der Waals surface area contributed by atoms with Crippen molar-refractivity contribution in [3.05, 3.63) is 0 Å². The second-order valence-electron chi connectivity index (χ2n) is 5.92. The number of piperidine rings is 1. The Hall–Kier alpha value is -0.0800. The maximum atomic E-state index is 6.07. The van der Waals surface area contributed by atoms with Gasteiger partial charge in [0.15, 0.2) is 0 Å². The van der Waals surface area contributed by atoms with Crippen LogP contribution in [0, 0.1) is 11.8 Å². The van der Waals surface area contributed by atoms with Crippen LogP contribution in [0.25, 0.3) is 0 Å². The molecule has 4 atom stereocenters. The van der Waals surface area contributed by atoms with E-state index in [0.717, 1.165) is 17.9 Å². The Morgan fingerprint density at radius 1 is 1.25 bits per heavy atom. The Morgan fingerprint density at radius 3 is 2.75 bits per heavy atom. The molecule has 16 heavy (non-hydrogen) atoms. The lowest BCUT2D eigenvalue weighted by molar-refractivity contribution is 0.0910. The normalized spacial score (nSPS) is 38.8. The van der Waals surface area contributed by atoms with Gasteiger partial charge in [0.1, 0.15) is 0 Å². The fourth-order valence-corrected chi connectivity index (χ4v) is 3.74. The predicted molar refractivity (Wildman–Crippen MR) is 69.4 cm³/mol. The average Bonchev–Trinajstić information content (AvgIpc) is 2.77. The summed E-state index contributed by atoms with van der Waals surface area (Å²) in [7, 11) is 0. The lowest BCUT2D eigenvalue weighted by Gasteiger charge is -2.40. The van der Waals surface area contributed by atoms with Gasteiger partial charge in [-0.1, -0.05) is 19.8 Å². The van der Waals surface area contributed by atoms with Gasteiger partial charge < -0.3 is 5.73 Å². The molecular formula is C14H28N2. The maximum absolute atomic E-state index is 6.07. The molecule has 0 aromatic rings. The first-order chi connectivity index (χ1) is 7.72. The van der Waals surface area contributed by atoms with Gasteiger partial charge in [0.05, 0.1) is 0 Å². The van der Waals surface area contributed by atoms with Crippen LogP contribution in [0.4, 0.5) is 0 Å². The minimum Gasteiger partial charge on any atom is -0.328 e. The monoisotopic (exact) mass is 224 g/mol. The fraction of sp³-hybridized carbons (Fsp3) is 1.00. The molecule has 2 nitrogen and oxygen atoms in total. The highest BCUT2D eigenvalue weighted by atomic mass is 15.2. The first-order valence-corrected chi connectivity index (χ1v) is 7.22. The van der Waals surface area contributed by atoms with E-state index in [1.807, 2.05) is 0 Å². The zero-order valence-corrected chi connectivity index (χ0v) is 11.0. The topological polar surface area (TPSA) is 29.3 Å². The van der Waals surface area contributed by atoms with Crippen LogP contribution in [0.1, 0.15) is 52.4 Å². The van der Waals surface area contributed by atoms with Crippen molar-refractivity contribution in [1.82, 2.24) is 4.90 Å². The molecule has 2 rings (SSSR count). The summed E-state index contributed by atoms with van der Waals surface area (Å²) < 4.78 is 0. The predicted octanol–water partition coefficient (Wildman–Crippen LogP) is 2.62. The molecule has 0 aromatic carbocycles. The van der Waals surface area contributed by atoms with Crippen molar-refractivity contribution in [3.63, 3.8) is 0 Å². The van der Waals surface area contributed by atoms with Crippen LogP contribution in [0.5, 0.6) is 0 Å². The van der Waals surface area contributed by atoms with Gasteiger partial charge in [0, 0.05) is 18.6 Å². The van der Waals surface area contributed by atoms with Gasteiger partial charge in [-0.05, 0) is 51.0 Å². The van der Waals surface area contributed by atoms with E-state index in [-0.39, 0.29) is 0 Å². The van der Waals surface area contributed by atoms with Crippen LogP contribution in [0.15, 0.2) is 0 Å². The highest BCUT2D eigenvalue weighted by Gasteiger charge is 2.34. The van der Waals surface area contributed by atoms with Crippen LogP contribution in [-0.2, 0) is 0 Å². The average molecular weight is 224 g/mol. The van der Waals surface area contributed by atoms with Crippen molar-refractivity contribution in [2.45, 2.75) is 64.5 Å². The molecule has 1 heterocycles. The summed E-state index contributed by atoms with van der Waals surface area (Å²) in [6.45, 7) is 7.12. The molecular weight excluding hydrogens is 196 g/mol. The van der Waals surface area contributed by atoms with Crippen LogP contribution >= 0.6 is 0 Å². The molecule has 0 amide bonds. The number of rotatable bonds is 3. The Morgan fingerprint density at radius 2 is 2.06 bits per heavy atom. The van der Waals surface area contributed by atoms with E-state index < -0.39 is 0 Å². The summed E-state index contributed by atoms with van der Waals surface area (Å²) in [5.41, 5.74) is 6.07. The molecule has 94 valence electrons. The third-order valence-electron chi connectivity index (χ3n) is 4.85. The Bertz CT molecular complexity index is 215. The number of hydrogen-bond acceptors (Lipinski definition) is 2. The summed E-state index contributed by atoms with van der Waals surface area (Å²) in [5.74, 6) is 1.71. The van der Waals surface area contributed by atoms with Crippen molar-refractivity contribution in [1.29, 1.82) is 0 Å². The van der Waals surface area contributed by atoms with E-state index in [1.54, 1.807) is 0 Å². The number of hydrogen-bond donors (Lipinski definition) is 1. The van der Waals surface area contributed by atoms with Crippen molar-refractivity contribution in [2.24, 2.45) is 17.6 Å². The number of nitrogens with two attached hydrogens (primary N) is 1. The third kappa shape index (κ3) is 2.60. The second kappa shape index (κ2) is 5.50. The summed E-state index contributed by atoms with van der Waals surface area (Å²) in [6.07, 6.45) is 8.41. The van der Waals surface area contributed by atoms with Crippen molar-refractivity contribution < 1.29 is 0 Å². The van der Waals surface area contributed by atoms with E-state index in [9.17, 15) is 0 Å². The summed E-state index contributed by atoms with van der Waals surface area (Å²) in [4.78, 5) is 2.76. The number of nitrogens with zero attached hydrogens (tertiary/aromatic N) is 1. The minimum absolute atomic E-state index is 0.379. The molecule has 2 aliphatic rings. The van der Waals surface area contributed by atoms with Crippen LogP contribution < -0.4 is 5.73 Å². The van der Waals surface area contributed by atoms with Gasteiger partial charge in [-0.3, -0.25) is 4.90 Å². The Balaban J connectivity index is 1.93. The summed E-state index contributed by atoms with van der Waals surface area (Å²) >= 11 is 0. The van der Waals surface area contributed by atoms with E-state index in [1.165, 1.54) is 51.6 Å². The quantitative estimate of drug-likeness (QED) is 0.798. The van der Waals surface area contributed by atoms with Crippen molar-refractivity contribution in [3.8, 4) is 0 Å². The summed E-state index contributed by atoms with van der Waals surface area (Å²) in [6, 6.07) is 1.26. The molecule has 1 aliphatic carbocycles. The van der Waals surface area contributed by atoms with E-state index in [0.29, 0.717) is 6.04 Å². The molecule has 2 N–H and O–H groups in total. The van der Waals surface area contributed by atoms with Crippen LogP contribution in [-0.4, -0.2) is 30.1 Å². The molecule has 0 aromatic heterocycles. The van der Waals surface area contributed by atoms with Gasteiger partial charge in [0.25, 0.3) is 0 Å². The van der Waals surface area contributed by atoms with Crippen molar-refractivity contribution >= 4 is 0 Å². The smallest absolute Gasteiger partial charge is 0.0123 e. The molecule has 1 saturated heterocycles. The highest BCUT2D eigenvalue weighted by Crippen LogP contribution is 2.34. The van der Waals surface area contributed by atoms with E-state index in [4.69, 9.17) is 5.73 Å². The van der Waals surface area contributed by atoms with Crippen LogP contribution in [0.3, 0.4) is 0 Å². The van der Waals surface area contributed by atoms with Gasteiger partial charge in [-0.15, -0.1) is 0 Å². The zero-order chi connectivity index (χ0) is 11.5. The highest BCUT2D eigenvalue weighted by molar-refractivity contribution is 4.89. The first-order valence-electron chi connectivity index (χ1n) is 7.22. The van der Waals surface area contributed by atoms with Crippen molar-refractivity contribution in [2.75, 3.05) is 13.1 Å². The molecule has 1 saturated carbocycles. The lowest BCUT2D eigenvalue weighted by Crippen LogP contribution is -2.48. The molecule has 1 aliphatic heterocycles. The van der Waals surface area contributed by atoms with Gasteiger partial charge >= 0.3 is 0 Å². The molecule has 0 bridgehead atoms. The molecule has 0 spiro atoms. The van der Waals surface area contributed by atoms with E-state index >= 15 is 0 Å². The minimum atomic E-state index is 0.379. The van der Waals surface area contributed by atoms with E-state index in [2.05, 4.69) is 18.7 Å². The largest absolute Gasteiger partial charge is 0.328 e. The van der Waals surface area contributed by atoms with Gasteiger partial charge in [-0.25, -0.2) is 0 Å². The summed E-state index contributed by atoms with van der Waals surface area (Å²) in [5, 5.41) is 0. The second-order valence-corrected chi connectivity index (χ2v) is 5.92. The fourth-order valence-electron chi connectivity index (χ4n) is 3.74. The Kier molecular flexibility index (Phi) is 4.26. The third-order valence-corrected chi connectivity index (χ3v) is 4.85. The number of likely N-dealkylation sites (tertiary alicyclic amines) is 1. The first kappa shape index (κ1) is 12.4. The molecule has 2 heteroatoms. The van der Waals surface area contributed by atoms with Crippen LogP contribution in [0.2, 0.25) is 0 Å². The lowest BCUT2D eigenvalue weighted by atomic mass is 9.89. The molecule has 0 radical (unpaired) electrons. The van der Waals surface area contributed by atoms with Gasteiger partial charge in [0.2, 0.25) is 0 Å². The Labute approximate surface area is 101 Å². The molecule has 4 unspecified atom stereocenters. The standard InChI is InChI=1S/C14H28N2/c1-3-12-6-4-8-14(12)16-9-5-7-13(10-16)11(2)15/h11-14H,3-10,15H2,1-2H3. The molecule has 2 fully saturated rings.